The molecule has 0 N–H and O–H groups in total. The molecule has 0 radical (unpaired) electrons. The summed E-state index contributed by atoms with van der Waals surface area (Å²) in [5.41, 5.74) is 2.96. The van der Waals surface area contributed by atoms with Gasteiger partial charge in [0.1, 0.15) is 0 Å². The number of nitro groups is 1. The molecule has 3 nitrogen and oxygen atoms in total. The van der Waals surface area contributed by atoms with Gasteiger partial charge < -0.3 is 0 Å². The second-order valence-corrected chi connectivity index (χ2v) is 4.18. The van der Waals surface area contributed by atoms with Crippen LogP contribution in [0, 0.1) is 10.1 Å². The molecule has 0 bridgehead atoms. The highest BCUT2D eigenvalue weighted by molar-refractivity contribution is 5.38. The Labute approximate surface area is 110 Å². The SMILES string of the molecule is C\C=C/C=C(CC)/C(C)=C(/C=C(/C)CC)[N+](=O)[O-]. The first kappa shape index (κ1) is 16.4. The Hall–Kier alpha value is -1.64. The Balaban J connectivity index is 5.65. The first-order chi connectivity index (χ1) is 8.47. The summed E-state index contributed by atoms with van der Waals surface area (Å²) in [4.78, 5) is 10.8. The maximum Gasteiger partial charge on any atom is 0.272 e. The summed E-state index contributed by atoms with van der Waals surface area (Å²) >= 11 is 0. The second-order valence-electron chi connectivity index (χ2n) is 4.18. The van der Waals surface area contributed by atoms with E-state index in [1.54, 1.807) is 6.08 Å². The van der Waals surface area contributed by atoms with E-state index in [-0.39, 0.29) is 10.6 Å². The summed E-state index contributed by atoms with van der Waals surface area (Å²) in [6.07, 6.45) is 9.05. The molecule has 0 rings (SSSR count). The Bertz CT molecular complexity index is 412. The zero-order valence-corrected chi connectivity index (χ0v) is 12.0. The highest BCUT2D eigenvalue weighted by atomic mass is 16.6. The first-order valence-corrected chi connectivity index (χ1v) is 6.32. The molecule has 100 valence electrons. The Morgan fingerprint density at radius 1 is 1.22 bits per heavy atom. The van der Waals surface area contributed by atoms with Crippen LogP contribution < -0.4 is 0 Å². The molecule has 0 aromatic heterocycles. The van der Waals surface area contributed by atoms with Gasteiger partial charge in [0.05, 0.1) is 4.92 Å². The molecule has 0 aromatic rings. The smallest absolute Gasteiger partial charge is 0.258 e. The van der Waals surface area contributed by atoms with E-state index in [4.69, 9.17) is 0 Å². The minimum atomic E-state index is -0.298. The van der Waals surface area contributed by atoms with Crippen molar-refractivity contribution in [3.63, 3.8) is 0 Å². The van der Waals surface area contributed by atoms with Gasteiger partial charge in [-0.3, -0.25) is 10.1 Å². The number of rotatable bonds is 6. The van der Waals surface area contributed by atoms with E-state index in [0.29, 0.717) is 0 Å². The Morgan fingerprint density at radius 3 is 2.22 bits per heavy atom. The van der Waals surface area contributed by atoms with Gasteiger partial charge >= 0.3 is 0 Å². The predicted octanol–water partition coefficient (Wildman–Crippen LogP) is 4.81. The summed E-state index contributed by atoms with van der Waals surface area (Å²) < 4.78 is 0. The average molecular weight is 249 g/mol. The molecule has 0 atom stereocenters. The predicted molar refractivity (Wildman–Crippen MR) is 76.9 cm³/mol. The van der Waals surface area contributed by atoms with Gasteiger partial charge in [-0.15, -0.1) is 0 Å². The van der Waals surface area contributed by atoms with Gasteiger partial charge in [-0.05, 0) is 39.2 Å². The topological polar surface area (TPSA) is 43.1 Å². The van der Waals surface area contributed by atoms with Gasteiger partial charge in [0.25, 0.3) is 5.70 Å². The van der Waals surface area contributed by atoms with Crippen LogP contribution in [0.5, 0.6) is 0 Å². The second kappa shape index (κ2) is 8.45. The van der Waals surface area contributed by atoms with E-state index in [0.717, 1.165) is 29.6 Å². The fourth-order valence-corrected chi connectivity index (χ4v) is 1.52. The molecular weight excluding hydrogens is 226 g/mol. The van der Waals surface area contributed by atoms with Crippen LogP contribution in [0.4, 0.5) is 0 Å². The monoisotopic (exact) mass is 249 g/mol. The first-order valence-electron chi connectivity index (χ1n) is 6.32. The zero-order valence-electron chi connectivity index (χ0n) is 12.0. The van der Waals surface area contributed by atoms with Gasteiger partial charge in [0.15, 0.2) is 0 Å². The lowest BCUT2D eigenvalue weighted by Crippen LogP contribution is -2.02. The van der Waals surface area contributed by atoms with Gasteiger partial charge in [-0.2, -0.15) is 0 Å². The quantitative estimate of drug-likeness (QED) is 0.385. The van der Waals surface area contributed by atoms with Crippen molar-refractivity contribution in [1.29, 1.82) is 0 Å². The van der Waals surface area contributed by atoms with Crippen LogP contribution in [0.2, 0.25) is 0 Å². The van der Waals surface area contributed by atoms with Gasteiger partial charge in [0, 0.05) is 11.6 Å². The molecule has 0 saturated heterocycles. The number of hydrogen-bond acceptors (Lipinski definition) is 2. The third-order valence-electron chi connectivity index (χ3n) is 2.87. The molecule has 18 heavy (non-hydrogen) atoms. The van der Waals surface area contributed by atoms with Crippen molar-refractivity contribution in [2.24, 2.45) is 0 Å². The maximum atomic E-state index is 11.1. The molecule has 0 spiro atoms. The summed E-state index contributed by atoms with van der Waals surface area (Å²) in [6, 6.07) is 0. The van der Waals surface area contributed by atoms with Crippen LogP contribution in [0.15, 0.2) is 46.7 Å². The highest BCUT2D eigenvalue weighted by Gasteiger charge is 2.14. The Kier molecular flexibility index (Phi) is 7.68. The standard InChI is InChI=1S/C15H23NO2/c1-6-9-10-14(8-3)13(5)15(16(17)18)11-12(4)7-2/h6,9-11H,7-8H2,1-5H3/b9-6-,12-11-,14-10+,15-13-. The van der Waals surface area contributed by atoms with Crippen molar-refractivity contribution in [1.82, 2.24) is 0 Å². The number of hydrogen-bond donors (Lipinski definition) is 0. The van der Waals surface area contributed by atoms with E-state index < -0.39 is 0 Å². The molecule has 0 aromatic carbocycles. The molecule has 0 aliphatic rings. The van der Waals surface area contributed by atoms with E-state index in [1.807, 2.05) is 52.8 Å². The molecule has 0 saturated carbocycles. The molecule has 0 heterocycles. The summed E-state index contributed by atoms with van der Waals surface area (Å²) in [5, 5.41) is 11.1. The molecule has 0 amide bonds. The van der Waals surface area contributed by atoms with Gasteiger partial charge in [0.2, 0.25) is 0 Å². The molecule has 3 heteroatoms. The minimum absolute atomic E-state index is 0.201. The lowest BCUT2D eigenvalue weighted by atomic mass is 10.0. The molecule has 0 unspecified atom stereocenters. The average Bonchev–Trinajstić information content (AvgIpc) is 2.35. The van der Waals surface area contributed by atoms with Crippen LogP contribution in [0.1, 0.15) is 47.5 Å². The van der Waals surface area contributed by atoms with Crippen LogP contribution in [0.25, 0.3) is 0 Å². The van der Waals surface area contributed by atoms with Crippen molar-refractivity contribution in [3.8, 4) is 0 Å². The van der Waals surface area contributed by atoms with Gasteiger partial charge in [-0.1, -0.05) is 37.6 Å². The molecule has 0 fully saturated rings. The third-order valence-corrected chi connectivity index (χ3v) is 2.87. The van der Waals surface area contributed by atoms with Crippen molar-refractivity contribution in [2.45, 2.75) is 47.5 Å². The van der Waals surface area contributed by atoms with E-state index in [9.17, 15) is 10.1 Å². The van der Waals surface area contributed by atoms with E-state index in [2.05, 4.69) is 0 Å². The van der Waals surface area contributed by atoms with E-state index in [1.165, 1.54) is 0 Å². The van der Waals surface area contributed by atoms with Gasteiger partial charge in [-0.25, -0.2) is 0 Å². The normalized spacial score (nSPS) is 14.9. The minimum Gasteiger partial charge on any atom is -0.258 e. The van der Waals surface area contributed by atoms with Crippen molar-refractivity contribution in [2.75, 3.05) is 0 Å². The number of nitrogens with zero attached hydrogens (tertiary/aromatic N) is 1. The van der Waals surface area contributed by atoms with Crippen LogP contribution in [-0.2, 0) is 0 Å². The third kappa shape index (κ3) is 5.13. The summed E-state index contributed by atoms with van der Waals surface area (Å²) in [6.45, 7) is 9.66. The fraction of sp³-hybridized carbons (Fsp3) is 0.467. The largest absolute Gasteiger partial charge is 0.272 e. The molecule has 0 aliphatic heterocycles. The van der Waals surface area contributed by atoms with Crippen LogP contribution >= 0.6 is 0 Å². The highest BCUT2D eigenvalue weighted by Crippen LogP contribution is 2.20. The Morgan fingerprint density at radius 2 is 1.83 bits per heavy atom. The van der Waals surface area contributed by atoms with E-state index >= 15 is 0 Å². The van der Waals surface area contributed by atoms with Crippen molar-refractivity contribution >= 4 is 0 Å². The maximum absolute atomic E-state index is 11.1. The fourth-order valence-electron chi connectivity index (χ4n) is 1.52. The zero-order chi connectivity index (χ0) is 14.1. The molecule has 0 aliphatic carbocycles. The number of allylic oxidation sites excluding steroid dienone is 7. The summed E-state index contributed by atoms with van der Waals surface area (Å²) in [5.74, 6) is 0. The lowest BCUT2D eigenvalue weighted by Gasteiger charge is -2.05. The van der Waals surface area contributed by atoms with Crippen molar-refractivity contribution < 1.29 is 4.92 Å². The van der Waals surface area contributed by atoms with Crippen molar-refractivity contribution in [3.05, 3.63) is 56.8 Å². The van der Waals surface area contributed by atoms with Crippen LogP contribution in [-0.4, -0.2) is 4.92 Å². The van der Waals surface area contributed by atoms with Crippen LogP contribution in [0.3, 0.4) is 0 Å². The molecular formula is C15H23NO2. The summed E-state index contributed by atoms with van der Waals surface area (Å²) in [7, 11) is 0. The lowest BCUT2D eigenvalue weighted by molar-refractivity contribution is -0.420.